The number of amides is 1. The van der Waals surface area contributed by atoms with Crippen LogP contribution in [0, 0.1) is 27.7 Å². The average molecular weight is 299 g/mol. The lowest BCUT2D eigenvalue weighted by molar-refractivity contribution is -0.123. The van der Waals surface area contributed by atoms with Crippen molar-refractivity contribution in [3.8, 4) is 5.75 Å². The average Bonchev–Trinajstić information content (AvgIpc) is 2.78. The van der Waals surface area contributed by atoms with Crippen molar-refractivity contribution in [3.05, 3.63) is 52.3 Å². The summed E-state index contributed by atoms with van der Waals surface area (Å²) in [6, 6.07) is 7.86. The molecule has 0 fully saturated rings. The SMILES string of the molecule is Cc1ccc(C)c(OCC(=O)N/N=C/c2cc(C)[nH]c2C)c1. The summed E-state index contributed by atoms with van der Waals surface area (Å²) in [4.78, 5) is 14.9. The van der Waals surface area contributed by atoms with Crippen LogP contribution in [0.3, 0.4) is 0 Å². The van der Waals surface area contributed by atoms with Crippen LogP contribution in [0.5, 0.6) is 5.75 Å². The number of nitrogens with zero attached hydrogens (tertiary/aromatic N) is 1. The van der Waals surface area contributed by atoms with Crippen LogP contribution in [-0.4, -0.2) is 23.7 Å². The molecule has 5 nitrogen and oxygen atoms in total. The number of nitrogens with one attached hydrogen (secondary N) is 2. The molecule has 0 aliphatic carbocycles. The second-order valence-electron chi connectivity index (χ2n) is 5.38. The number of rotatable bonds is 5. The number of hydrogen-bond donors (Lipinski definition) is 2. The summed E-state index contributed by atoms with van der Waals surface area (Å²) in [5.74, 6) is 0.429. The van der Waals surface area contributed by atoms with E-state index in [9.17, 15) is 4.79 Å². The molecule has 1 aromatic carbocycles. The third-order valence-corrected chi connectivity index (χ3v) is 3.28. The van der Waals surface area contributed by atoms with Gasteiger partial charge in [0.05, 0.1) is 6.21 Å². The fourth-order valence-corrected chi connectivity index (χ4v) is 2.09. The molecule has 2 N–H and O–H groups in total. The number of benzene rings is 1. The van der Waals surface area contributed by atoms with Crippen LogP contribution in [0.25, 0.3) is 0 Å². The Bertz CT molecular complexity index is 702. The Kier molecular flexibility index (Phi) is 4.99. The highest BCUT2D eigenvalue weighted by atomic mass is 16.5. The maximum atomic E-state index is 11.7. The number of ether oxygens (including phenoxy) is 1. The molecule has 0 radical (unpaired) electrons. The van der Waals surface area contributed by atoms with Gasteiger partial charge in [-0.15, -0.1) is 0 Å². The second-order valence-corrected chi connectivity index (χ2v) is 5.38. The van der Waals surface area contributed by atoms with E-state index in [1.807, 2.05) is 52.0 Å². The van der Waals surface area contributed by atoms with Gasteiger partial charge < -0.3 is 9.72 Å². The van der Waals surface area contributed by atoms with Crippen LogP contribution in [0.15, 0.2) is 29.4 Å². The van der Waals surface area contributed by atoms with E-state index in [0.717, 1.165) is 33.8 Å². The van der Waals surface area contributed by atoms with Gasteiger partial charge in [-0.1, -0.05) is 12.1 Å². The zero-order chi connectivity index (χ0) is 16.1. The minimum Gasteiger partial charge on any atom is -0.483 e. The number of H-pyrrole nitrogens is 1. The lowest BCUT2D eigenvalue weighted by Gasteiger charge is -2.08. The van der Waals surface area contributed by atoms with Gasteiger partial charge in [0.1, 0.15) is 5.75 Å². The molecule has 0 spiro atoms. The molecule has 1 heterocycles. The minimum absolute atomic E-state index is 0.0627. The van der Waals surface area contributed by atoms with Gasteiger partial charge in [-0.2, -0.15) is 5.10 Å². The number of aromatic nitrogens is 1. The molecule has 2 aromatic rings. The molecule has 0 saturated heterocycles. The van der Waals surface area contributed by atoms with E-state index in [-0.39, 0.29) is 12.5 Å². The van der Waals surface area contributed by atoms with Gasteiger partial charge >= 0.3 is 0 Å². The number of hydrogen-bond acceptors (Lipinski definition) is 3. The van der Waals surface area contributed by atoms with E-state index >= 15 is 0 Å². The van der Waals surface area contributed by atoms with Crippen molar-refractivity contribution in [2.45, 2.75) is 27.7 Å². The standard InChI is InChI=1S/C17H21N3O2/c1-11-5-6-12(2)16(7-11)22-10-17(21)20-18-9-15-8-13(3)19-14(15)4/h5-9,19H,10H2,1-4H3,(H,20,21)/b18-9+. The number of hydrazone groups is 1. The van der Waals surface area contributed by atoms with E-state index in [1.54, 1.807) is 6.21 Å². The first-order valence-corrected chi connectivity index (χ1v) is 7.14. The van der Waals surface area contributed by atoms with Crippen LogP contribution in [0.2, 0.25) is 0 Å². The van der Waals surface area contributed by atoms with Crippen molar-refractivity contribution in [1.29, 1.82) is 0 Å². The van der Waals surface area contributed by atoms with Gasteiger partial charge in [0, 0.05) is 17.0 Å². The smallest absolute Gasteiger partial charge is 0.277 e. The fraction of sp³-hybridized carbons (Fsp3) is 0.294. The molecule has 0 saturated carbocycles. The van der Waals surface area contributed by atoms with Gasteiger partial charge in [-0.3, -0.25) is 4.79 Å². The lowest BCUT2D eigenvalue weighted by Crippen LogP contribution is -2.24. The third kappa shape index (κ3) is 4.22. The Balaban J connectivity index is 1.85. The van der Waals surface area contributed by atoms with Gasteiger partial charge in [0.25, 0.3) is 5.91 Å². The molecule has 0 bridgehead atoms. The topological polar surface area (TPSA) is 66.5 Å². The zero-order valence-electron chi connectivity index (χ0n) is 13.4. The number of carbonyl (C=O) groups excluding carboxylic acids is 1. The summed E-state index contributed by atoms with van der Waals surface area (Å²) in [6.45, 7) is 7.80. The molecule has 2 rings (SSSR count). The Morgan fingerprint density at radius 2 is 2.05 bits per heavy atom. The summed E-state index contributed by atoms with van der Waals surface area (Å²) >= 11 is 0. The van der Waals surface area contributed by atoms with Gasteiger partial charge in [-0.05, 0) is 51.0 Å². The highest BCUT2D eigenvalue weighted by molar-refractivity contribution is 5.84. The first-order valence-electron chi connectivity index (χ1n) is 7.14. The number of carbonyl (C=O) groups is 1. The van der Waals surface area contributed by atoms with Crippen molar-refractivity contribution in [2.24, 2.45) is 5.10 Å². The highest BCUT2D eigenvalue weighted by Gasteiger charge is 2.04. The molecule has 1 amide bonds. The van der Waals surface area contributed by atoms with E-state index in [4.69, 9.17) is 4.74 Å². The summed E-state index contributed by atoms with van der Waals surface area (Å²) in [5, 5.41) is 3.94. The molecule has 22 heavy (non-hydrogen) atoms. The molecule has 116 valence electrons. The van der Waals surface area contributed by atoms with Crippen molar-refractivity contribution < 1.29 is 9.53 Å². The third-order valence-electron chi connectivity index (χ3n) is 3.28. The Morgan fingerprint density at radius 1 is 1.27 bits per heavy atom. The second kappa shape index (κ2) is 6.93. The zero-order valence-corrected chi connectivity index (χ0v) is 13.4. The molecule has 5 heteroatoms. The lowest BCUT2D eigenvalue weighted by atomic mass is 10.1. The van der Waals surface area contributed by atoms with Crippen LogP contribution in [0.4, 0.5) is 0 Å². The van der Waals surface area contributed by atoms with Crippen LogP contribution >= 0.6 is 0 Å². The Labute approximate surface area is 130 Å². The van der Waals surface area contributed by atoms with Crippen LogP contribution in [-0.2, 0) is 4.79 Å². The molecule has 0 unspecified atom stereocenters. The molecule has 0 atom stereocenters. The van der Waals surface area contributed by atoms with Crippen molar-refractivity contribution in [1.82, 2.24) is 10.4 Å². The maximum Gasteiger partial charge on any atom is 0.277 e. The van der Waals surface area contributed by atoms with Gasteiger partial charge in [0.15, 0.2) is 6.61 Å². The molecular formula is C17H21N3O2. The summed E-state index contributed by atoms with van der Waals surface area (Å²) in [7, 11) is 0. The predicted octanol–water partition coefficient (Wildman–Crippen LogP) is 2.78. The molecule has 0 aliphatic rings. The molecule has 1 aromatic heterocycles. The fourth-order valence-electron chi connectivity index (χ4n) is 2.09. The predicted molar refractivity (Wildman–Crippen MR) is 87.4 cm³/mol. The number of aryl methyl sites for hydroxylation is 4. The van der Waals surface area contributed by atoms with Crippen LogP contribution < -0.4 is 10.2 Å². The first-order chi connectivity index (χ1) is 10.5. The normalized spacial score (nSPS) is 10.9. The first kappa shape index (κ1) is 15.8. The summed E-state index contributed by atoms with van der Waals surface area (Å²) in [6.07, 6.45) is 1.62. The minimum atomic E-state index is -0.290. The number of aromatic amines is 1. The monoisotopic (exact) mass is 299 g/mol. The molecule has 0 aliphatic heterocycles. The van der Waals surface area contributed by atoms with E-state index in [2.05, 4.69) is 15.5 Å². The summed E-state index contributed by atoms with van der Waals surface area (Å²) in [5.41, 5.74) is 7.59. The van der Waals surface area contributed by atoms with Gasteiger partial charge in [-0.25, -0.2) is 5.43 Å². The van der Waals surface area contributed by atoms with Crippen LogP contribution in [0.1, 0.15) is 28.1 Å². The largest absolute Gasteiger partial charge is 0.483 e. The quantitative estimate of drug-likeness (QED) is 0.658. The maximum absolute atomic E-state index is 11.7. The van der Waals surface area contributed by atoms with E-state index in [0.29, 0.717) is 0 Å². The van der Waals surface area contributed by atoms with E-state index < -0.39 is 0 Å². The van der Waals surface area contributed by atoms with Crippen molar-refractivity contribution >= 4 is 12.1 Å². The van der Waals surface area contributed by atoms with Crippen molar-refractivity contribution in [2.75, 3.05) is 6.61 Å². The van der Waals surface area contributed by atoms with Gasteiger partial charge in [0.2, 0.25) is 0 Å². The van der Waals surface area contributed by atoms with E-state index in [1.165, 1.54) is 0 Å². The molecular weight excluding hydrogens is 278 g/mol. The summed E-state index contributed by atoms with van der Waals surface area (Å²) < 4.78 is 5.52. The highest BCUT2D eigenvalue weighted by Crippen LogP contribution is 2.18. The Hall–Kier alpha value is -2.56. The van der Waals surface area contributed by atoms with Crippen molar-refractivity contribution in [3.63, 3.8) is 0 Å². The Morgan fingerprint density at radius 3 is 2.73 bits per heavy atom.